The highest BCUT2D eigenvalue weighted by Gasteiger charge is 2.01. The lowest BCUT2D eigenvalue weighted by atomic mass is 10.3. The molecule has 0 bridgehead atoms. The summed E-state index contributed by atoms with van der Waals surface area (Å²) in [6.45, 7) is 2.01. The summed E-state index contributed by atoms with van der Waals surface area (Å²) >= 11 is 3.38. The van der Waals surface area contributed by atoms with Crippen molar-refractivity contribution >= 4 is 27.8 Å². The number of allylic oxidation sites excluding steroid dienone is 1. The molecule has 1 aromatic carbocycles. The van der Waals surface area contributed by atoms with Gasteiger partial charge in [-0.1, -0.05) is 22.9 Å². The van der Waals surface area contributed by atoms with Crippen LogP contribution in [0.15, 0.2) is 34.6 Å². The molecule has 0 amide bonds. The van der Waals surface area contributed by atoms with Crippen molar-refractivity contribution in [2.75, 3.05) is 12.4 Å². The first kappa shape index (κ1) is 16.2. The van der Waals surface area contributed by atoms with Crippen LogP contribution < -0.4 is 15.8 Å². The number of nitrogens with two attached hydrogens (primary N) is 1. The Labute approximate surface area is 114 Å². The minimum absolute atomic E-state index is 0.250. The second kappa shape index (κ2) is 9.27. The average Bonchev–Trinajstić information content (AvgIpc) is 2.37. The van der Waals surface area contributed by atoms with Gasteiger partial charge in [-0.25, -0.2) is 0 Å². The molecule has 3 N–H and O–H groups in total. The number of methoxy groups -OCH3 is 1. The number of ether oxygens (including phenoxy) is 1. The molecule has 0 unspecified atom stereocenters. The Balaban J connectivity index is 0.000000873. The number of rotatable bonds is 4. The highest BCUT2D eigenvalue weighted by atomic mass is 79.9. The molecule has 0 aromatic heterocycles. The van der Waals surface area contributed by atoms with E-state index in [4.69, 9.17) is 20.1 Å². The molecule has 0 aliphatic heterocycles. The second-order valence-corrected chi connectivity index (χ2v) is 4.06. The number of anilines is 1. The standard InChI is InChI=1S/C11H15BrN2O.CO2/c1-3-9(13)7-14-10-5-4-8(12)6-11(10)15-2;2-1-3/h4-7,14H,3,13H2,1-2H3;. The summed E-state index contributed by atoms with van der Waals surface area (Å²) in [5.74, 6) is 0.782. The zero-order chi connectivity index (χ0) is 14.0. The van der Waals surface area contributed by atoms with Crippen LogP contribution in [0, 0.1) is 0 Å². The van der Waals surface area contributed by atoms with Gasteiger partial charge in [0.15, 0.2) is 0 Å². The molecule has 0 aliphatic carbocycles. The molecule has 1 rings (SSSR count). The van der Waals surface area contributed by atoms with Crippen molar-refractivity contribution in [1.29, 1.82) is 0 Å². The van der Waals surface area contributed by atoms with E-state index >= 15 is 0 Å². The molecule has 0 fully saturated rings. The van der Waals surface area contributed by atoms with Crippen LogP contribution >= 0.6 is 15.9 Å². The summed E-state index contributed by atoms with van der Waals surface area (Å²) < 4.78 is 6.21. The highest BCUT2D eigenvalue weighted by molar-refractivity contribution is 9.10. The first-order valence-corrected chi connectivity index (χ1v) is 5.92. The summed E-state index contributed by atoms with van der Waals surface area (Å²) in [4.78, 5) is 16.2. The van der Waals surface area contributed by atoms with Gasteiger partial charge in [0.05, 0.1) is 12.8 Å². The average molecular weight is 315 g/mol. The van der Waals surface area contributed by atoms with Crippen molar-refractivity contribution in [3.05, 3.63) is 34.6 Å². The highest BCUT2D eigenvalue weighted by Crippen LogP contribution is 2.27. The first-order chi connectivity index (χ1) is 8.58. The van der Waals surface area contributed by atoms with Gasteiger partial charge in [0, 0.05) is 16.4 Å². The number of hydrogen-bond acceptors (Lipinski definition) is 5. The van der Waals surface area contributed by atoms with Crippen LogP contribution in [0.25, 0.3) is 0 Å². The third-order valence-electron chi connectivity index (χ3n) is 1.98. The molecule has 98 valence electrons. The third kappa shape index (κ3) is 6.08. The van der Waals surface area contributed by atoms with E-state index < -0.39 is 0 Å². The van der Waals surface area contributed by atoms with Gasteiger partial charge in [-0.2, -0.15) is 9.59 Å². The van der Waals surface area contributed by atoms with E-state index in [0.717, 1.165) is 28.0 Å². The zero-order valence-corrected chi connectivity index (χ0v) is 11.8. The third-order valence-corrected chi connectivity index (χ3v) is 2.48. The number of benzene rings is 1. The van der Waals surface area contributed by atoms with Crippen molar-refractivity contribution in [3.8, 4) is 5.75 Å². The van der Waals surface area contributed by atoms with Crippen LogP contribution in [0.3, 0.4) is 0 Å². The van der Waals surface area contributed by atoms with Crippen LogP contribution in [-0.2, 0) is 9.59 Å². The van der Waals surface area contributed by atoms with Crippen LogP contribution in [0.4, 0.5) is 5.69 Å². The van der Waals surface area contributed by atoms with Crippen LogP contribution in [-0.4, -0.2) is 13.3 Å². The summed E-state index contributed by atoms with van der Waals surface area (Å²) in [5.41, 5.74) is 7.40. The topological polar surface area (TPSA) is 81.4 Å². The fraction of sp³-hybridized carbons (Fsp3) is 0.250. The predicted molar refractivity (Wildman–Crippen MR) is 71.9 cm³/mol. The molecule has 18 heavy (non-hydrogen) atoms. The van der Waals surface area contributed by atoms with Crippen molar-refractivity contribution in [1.82, 2.24) is 0 Å². The lowest BCUT2D eigenvalue weighted by molar-refractivity contribution is -0.191. The van der Waals surface area contributed by atoms with Crippen LogP contribution in [0.2, 0.25) is 0 Å². The van der Waals surface area contributed by atoms with E-state index in [2.05, 4.69) is 21.2 Å². The molecule has 0 atom stereocenters. The normalized spacial score (nSPS) is 9.83. The second-order valence-electron chi connectivity index (χ2n) is 3.15. The van der Waals surface area contributed by atoms with E-state index in [-0.39, 0.29) is 6.15 Å². The van der Waals surface area contributed by atoms with Gasteiger partial charge in [0.25, 0.3) is 0 Å². The lowest BCUT2D eigenvalue weighted by Crippen LogP contribution is -2.00. The van der Waals surface area contributed by atoms with E-state index in [0.29, 0.717) is 0 Å². The maximum atomic E-state index is 8.12. The molecule has 0 aliphatic rings. The van der Waals surface area contributed by atoms with Gasteiger partial charge in [0.1, 0.15) is 5.75 Å². The van der Waals surface area contributed by atoms with E-state index in [1.807, 2.05) is 25.1 Å². The molecule has 0 radical (unpaired) electrons. The van der Waals surface area contributed by atoms with E-state index in [9.17, 15) is 0 Å². The van der Waals surface area contributed by atoms with Gasteiger partial charge in [-0.3, -0.25) is 0 Å². The minimum Gasteiger partial charge on any atom is -0.495 e. The molecule has 1 aromatic rings. The minimum atomic E-state index is 0.250. The Morgan fingerprint density at radius 1 is 1.56 bits per heavy atom. The van der Waals surface area contributed by atoms with Crippen molar-refractivity contribution < 1.29 is 14.3 Å². The zero-order valence-electron chi connectivity index (χ0n) is 10.2. The largest absolute Gasteiger partial charge is 0.495 e. The fourth-order valence-electron chi connectivity index (χ4n) is 1.06. The Bertz CT molecular complexity index is 441. The number of halogens is 1. The van der Waals surface area contributed by atoms with Gasteiger partial charge < -0.3 is 15.8 Å². The van der Waals surface area contributed by atoms with E-state index in [1.54, 1.807) is 13.3 Å². The lowest BCUT2D eigenvalue weighted by Gasteiger charge is -2.09. The fourth-order valence-corrected chi connectivity index (χ4v) is 1.40. The van der Waals surface area contributed by atoms with Crippen molar-refractivity contribution in [2.45, 2.75) is 13.3 Å². The van der Waals surface area contributed by atoms with Crippen LogP contribution in [0.5, 0.6) is 5.75 Å². The summed E-state index contributed by atoms with van der Waals surface area (Å²) in [6, 6.07) is 5.78. The molecule has 6 heteroatoms. The Morgan fingerprint density at radius 3 is 2.67 bits per heavy atom. The quantitative estimate of drug-likeness (QED) is 0.892. The summed E-state index contributed by atoms with van der Waals surface area (Å²) in [6.07, 6.45) is 2.86. The number of nitrogens with one attached hydrogen (secondary N) is 1. The Morgan fingerprint density at radius 2 is 2.17 bits per heavy atom. The summed E-state index contributed by atoms with van der Waals surface area (Å²) in [7, 11) is 1.64. The molecule has 0 heterocycles. The van der Waals surface area contributed by atoms with Crippen LogP contribution in [0.1, 0.15) is 13.3 Å². The maximum absolute atomic E-state index is 8.12. The van der Waals surface area contributed by atoms with Gasteiger partial charge in [0.2, 0.25) is 0 Å². The van der Waals surface area contributed by atoms with Gasteiger partial charge in [-0.05, 0) is 24.6 Å². The Kier molecular flexibility index (Phi) is 8.35. The molecule has 0 spiro atoms. The monoisotopic (exact) mass is 314 g/mol. The molecule has 0 saturated heterocycles. The number of hydrogen-bond donors (Lipinski definition) is 2. The molecular weight excluding hydrogens is 300 g/mol. The summed E-state index contributed by atoms with van der Waals surface area (Å²) in [5, 5.41) is 3.11. The van der Waals surface area contributed by atoms with Gasteiger partial charge in [-0.15, -0.1) is 0 Å². The molecule has 0 saturated carbocycles. The smallest absolute Gasteiger partial charge is 0.373 e. The molecule has 5 nitrogen and oxygen atoms in total. The predicted octanol–water partition coefficient (Wildman–Crippen LogP) is 2.50. The number of carbonyl (C=O) groups excluding carboxylic acids is 2. The van der Waals surface area contributed by atoms with Gasteiger partial charge >= 0.3 is 6.15 Å². The Hall–Kier alpha value is -1.78. The van der Waals surface area contributed by atoms with Crippen molar-refractivity contribution in [2.24, 2.45) is 5.73 Å². The first-order valence-electron chi connectivity index (χ1n) is 5.12. The maximum Gasteiger partial charge on any atom is 0.373 e. The van der Waals surface area contributed by atoms with Crippen molar-refractivity contribution in [3.63, 3.8) is 0 Å². The molecular formula is C12H15BrN2O3. The SMILES string of the molecule is CCC(N)=CNc1ccc(Br)cc1OC.O=C=O. The van der Waals surface area contributed by atoms with E-state index in [1.165, 1.54) is 0 Å².